The summed E-state index contributed by atoms with van der Waals surface area (Å²) in [4.78, 5) is 43.4. The van der Waals surface area contributed by atoms with Crippen molar-refractivity contribution >= 4 is 35.1 Å². The lowest BCUT2D eigenvalue weighted by atomic mass is 9.89. The molecule has 3 amide bonds. The van der Waals surface area contributed by atoms with Crippen LogP contribution in [0.5, 0.6) is 0 Å². The van der Waals surface area contributed by atoms with E-state index in [2.05, 4.69) is 15.6 Å². The van der Waals surface area contributed by atoms with Crippen LogP contribution in [0, 0.1) is 5.82 Å². The number of morpholine rings is 1. The molecular weight excluding hydrogens is 463 g/mol. The van der Waals surface area contributed by atoms with Gasteiger partial charge >= 0.3 is 0 Å². The molecule has 2 aliphatic rings. The third-order valence-corrected chi connectivity index (χ3v) is 6.41. The van der Waals surface area contributed by atoms with Crippen LogP contribution >= 0.6 is 11.6 Å². The van der Waals surface area contributed by atoms with E-state index in [1.165, 1.54) is 30.5 Å². The number of hydrogen-bond donors (Lipinski definition) is 2. The van der Waals surface area contributed by atoms with Crippen LogP contribution in [0.3, 0.4) is 0 Å². The average molecular weight is 489 g/mol. The van der Waals surface area contributed by atoms with Gasteiger partial charge < -0.3 is 20.3 Å². The van der Waals surface area contributed by atoms with E-state index in [9.17, 15) is 18.8 Å². The first-order valence-corrected chi connectivity index (χ1v) is 11.7. The minimum Gasteiger partial charge on any atom is -0.370 e. The summed E-state index contributed by atoms with van der Waals surface area (Å²) in [7, 11) is 0. The van der Waals surface area contributed by atoms with Gasteiger partial charge in [-0.15, -0.1) is 0 Å². The lowest BCUT2D eigenvalue weighted by Crippen LogP contribution is -2.50. The van der Waals surface area contributed by atoms with E-state index in [-0.39, 0.29) is 48.0 Å². The summed E-state index contributed by atoms with van der Waals surface area (Å²) in [6.07, 6.45) is 4.07. The lowest BCUT2D eigenvalue weighted by Gasteiger charge is -2.38. The Labute approximate surface area is 201 Å². The average Bonchev–Trinajstić information content (AvgIpc) is 2.83. The maximum absolute atomic E-state index is 14.6. The number of anilines is 1. The zero-order chi connectivity index (χ0) is 24.1. The van der Waals surface area contributed by atoms with E-state index in [0.29, 0.717) is 31.0 Å². The predicted octanol–water partition coefficient (Wildman–Crippen LogP) is 2.96. The summed E-state index contributed by atoms with van der Waals surface area (Å²) in [6.45, 7) is 1.27. The molecule has 1 aromatic carbocycles. The van der Waals surface area contributed by atoms with Crippen LogP contribution < -0.4 is 10.6 Å². The predicted molar refractivity (Wildman–Crippen MR) is 124 cm³/mol. The number of nitrogens with one attached hydrogen (secondary N) is 2. The van der Waals surface area contributed by atoms with Crippen molar-refractivity contribution in [1.82, 2.24) is 15.2 Å². The fraction of sp³-hybridized carbons (Fsp3) is 0.417. The molecule has 180 valence electrons. The zero-order valence-electron chi connectivity index (χ0n) is 18.6. The third kappa shape index (κ3) is 5.90. The van der Waals surface area contributed by atoms with Crippen molar-refractivity contribution in [3.63, 3.8) is 0 Å². The Kier molecular flexibility index (Phi) is 7.74. The Bertz CT molecular complexity index is 1060. The first kappa shape index (κ1) is 24.1. The lowest BCUT2D eigenvalue weighted by molar-refractivity contribution is -0.146. The highest BCUT2D eigenvalue weighted by molar-refractivity contribution is 6.30. The Morgan fingerprint density at radius 1 is 1.18 bits per heavy atom. The first-order valence-electron chi connectivity index (χ1n) is 11.3. The maximum atomic E-state index is 14.6. The van der Waals surface area contributed by atoms with Gasteiger partial charge in [0.25, 0.3) is 5.91 Å². The molecule has 34 heavy (non-hydrogen) atoms. The molecule has 1 saturated carbocycles. The van der Waals surface area contributed by atoms with Crippen LogP contribution in [0.1, 0.15) is 41.6 Å². The first-order chi connectivity index (χ1) is 16.4. The number of hydrogen-bond acceptors (Lipinski definition) is 5. The Morgan fingerprint density at radius 2 is 1.97 bits per heavy atom. The number of halogens is 2. The summed E-state index contributed by atoms with van der Waals surface area (Å²) < 4.78 is 19.8. The number of amides is 3. The van der Waals surface area contributed by atoms with Crippen LogP contribution in [-0.4, -0.2) is 59.4 Å². The van der Waals surface area contributed by atoms with Gasteiger partial charge in [-0.3, -0.25) is 14.4 Å². The van der Waals surface area contributed by atoms with Crippen molar-refractivity contribution in [2.45, 2.75) is 44.2 Å². The van der Waals surface area contributed by atoms with Gasteiger partial charge in [0.1, 0.15) is 18.2 Å². The van der Waals surface area contributed by atoms with E-state index in [4.69, 9.17) is 16.3 Å². The minimum atomic E-state index is -0.624. The van der Waals surface area contributed by atoms with Gasteiger partial charge in [-0.05, 0) is 49.9 Å². The SMILES string of the molecule is O=C(Cc1c(F)cccc1C(=O)NC1CCC(N2CCOCC2=O)CC1)Nc1ccc(Cl)cn1. The fourth-order valence-electron chi connectivity index (χ4n) is 4.46. The largest absolute Gasteiger partial charge is 0.370 e. The van der Waals surface area contributed by atoms with Crippen LogP contribution in [0.2, 0.25) is 5.02 Å². The highest BCUT2D eigenvalue weighted by Gasteiger charge is 2.31. The number of pyridine rings is 1. The molecule has 8 nitrogen and oxygen atoms in total. The van der Waals surface area contributed by atoms with Gasteiger partial charge in [0.05, 0.1) is 18.1 Å². The normalized spacial score (nSPS) is 20.6. The molecule has 2 fully saturated rings. The molecule has 2 N–H and O–H groups in total. The molecule has 1 saturated heterocycles. The van der Waals surface area contributed by atoms with E-state index in [1.807, 2.05) is 4.90 Å². The quantitative estimate of drug-likeness (QED) is 0.651. The minimum absolute atomic E-state index is 0.00946. The molecule has 1 aliphatic carbocycles. The van der Waals surface area contributed by atoms with Gasteiger partial charge in [-0.2, -0.15) is 0 Å². The second-order valence-electron chi connectivity index (χ2n) is 8.47. The Hall–Kier alpha value is -3.04. The van der Waals surface area contributed by atoms with Gasteiger partial charge in [0.15, 0.2) is 0 Å². The second kappa shape index (κ2) is 10.9. The number of carbonyl (C=O) groups is 3. The summed E-state index contributed by atoms with van der Waals surface area (Å²) in [5.74, 6) is -1.24. The molecule has 0 spiro atoms. The topological polar surface area (TPSA) is 101 Å². The van der Waals surface area contributed by atoms with Crippen LogP contribution in [0.25, 0.3) is 0 Å². The number of benzene rings is 1. The third-order valence-electron chi connectivity index (χ3n) is 6.19. The summed E-state index contributed by atoms with van der Waals surface area (Å²) >= 11 is 5.80. The fourth-order valence-corrected chi connectivity index (χ4v) is 4.57. The van der Waals surface area contributed by atoms with Crippen molar-refractivity contribution in [2.75, 3.05) is 25.1 Å². The van der Waals surface area contributed by atoms with Gasteiger partial charge in [0, 0.05) is 36.0 Å². The number of rotatable bonds is 6. The monoisotopic (exact) mass is 488 g/mol. The van der Waals surface area contributed by atoms with Crippen molar-refractivity contribution in [3.05, 3.63) is 58.5 Å². The summed E-state index contributed by atoms with van der Waals surface area (Å²) in [6, 6.07) is 7.38. The Morgan fingerprint density at radius 3 is 2.68 bits per heavy atom. The van der Waals surface area contributed by atoms with Crippen LogP contribution in [0.4, 0.5) is 10.2 Å². The molecule has 10 heteroatoms. The van der Waals surface area contributed by atoms with E-state index >= 15 is 0 Å². The van der Waals surface area contributed by atoms with E-state index in [1.54, 1.807) is 6.07 Å². The molecule has 1 aliphatic heterocycles. The zero-order valence-corrected chi connectivity index (χ0v) is 19.3. The summed E-state index contributed by atoms with van der Waals surface area (Å²) in [5.41, 5.74) is 0.156. The molecule has 1 aromatic heterocycles. The number of aromatic nitrogens is 1. The van der Waals surface area contributed by atoms with Gasteiger partial charge in [-0.25, -0.2) is 9.37 Å². The Balaban J connectivity index is 1.36. The van der Waals surface area contributed by atoms with Crippen LogP contribution in [-0.2, 0) is 20.7 Å². The molecule has 0 bridgehead atoms. The maximum Gasteiger partial charge on any atom is 0.251 e. The van der Waals surface area contributed by atoms with Crippen molar-refractivity contribution in [1.29, 1.82) is 0 Å². The van der Waals surface area contributed by atoms with Crippen molar-refractivity contribution in [2.24, 2.45) is 0 Å². The molecule has 2 heterocycles. The molecule has 0 atom stereocenters. The molecule has 2 aromatic rings. The summed E-state index contributed by atoms with van der Waals surface area (Å²) in [5, 5.41) is 5.99. The van der Waals surface area contributed by atoms with E-state index < -0.39 is 17.6 Å². The number of ether oxygens (including phenoxy) is 1. The standard InChI is InChI=1S/C24H26ClFN4O4/c25-15-4-9-21(27-13-15)29-22(31)12-19-18(2-1-3-20(19)26)24(33)28-16-5-7-17(8-6-16)30-10-11-34-14-23(30)32/h1-4,9,13,16-17H,5-8,10-12,14H2,(H,28,33)(H,27,29,31). The highest BCUT2D eigenvalue weighted by atomic mass is 35.5. The number of carbonyl (C=O) groups excluding carboxylic acids is 3. The van der Waals surface area contributed by atoms with Crippen molar-refractivity contribution in [3.8, 4) is 0 Å². The van der Waals surface area contributed by atoms with Gasteiger partial charge in [0.2, 0.25) is 11.8 Å². The number of nitrogens with zero attached hydrogens (tertiary/aromatic N) is 2. The molecule has 4 rings (SSSR count). The smallest absolute Gasteiger partial charge is 0.251 e. The van der Waals surface area contributed by atoms with E-state index in [0.717, 1.165) is 12.8 Å². The highest BCUT2D eigenvalue weighted by Crippen LogP contribution is 2.25. The van der Waals surface area contributed by atoms with Crippen LogP contribution in [0.15, 0.2) is 36.5 Å². The van der Waals surface area contributed by atoms with Crippen molar-refractivity contribution < 1.29 is 23.5 Å². The molecule has 0 unspecified atom stereocenters. The molecular formula is C24H26ClFN4O4. The van der Waals surface area contributed by atoms with Gasteiger partial charge in [-0.1, -0.05) is 17.7 Å². The second-order valence-corrected chi connectivity index (χ2v) is 8.91. The molecule has 0 radical (unpaired) electrons.